The molecule has 6 nitrogen and oxygen atoms in total. The molecule has 0 aromatic heterocycles. The first-order valence-electron chi connectivity index (χ1n) is 5.50. The molecule has 1 aromatic rings. The molecule has 0 spiro atoms. The minimum atomic E-state index is -3.86. The molecule has 0 aliphatic carbocycles. The number of hydrogen-bond donors (Lipinski definition) is 3. The van der Waals surface area contributed by atoms with E-state index in [0.717, 1.165) is 6.07 Å². The fourth-order valence-corrected chi connectivity index (χ4v) is 3.24. The predicted octanol–water partition coefficient (Wildman–Crippen LogP) is 0.178. The number of primary amides is 1. The molecule has 0 radical (unpaired) electrons. The number of amides is 1. The molecular weight excluding hydrogens is 273 g/mol. The van der Waals surface area contributed by atoms with Crippen LogP contribution >= 0.6 is 0 Å². The third-order valence-electron chi connectivity index (χ3n) is 2.64. The lowest BCUT2D eigenvalue weighted by atomic mass is 10.1. The van der Waals surface area contributed by atoms with Gasteiger partial charge in [-0.05, 0) is 31.0 Å². The van der Waals surface area contributed by atoms with E-state index in [1.807, 2.05) is 0 Å². The molecule has 0 fully saturated rings. The Bertz CT molecular complexity index is 614. The van der Waals surface area contributed by atoms with E-state index in [0.29, 0.717) is 0 Å². The second-order valence-corrected chi connectivity index (χ2v) is 5.86. The normalized spacial score (nSPS) is 11.5. The number of halogens is 1. The standard InChI is InChI=1S/C11H16FN3O3S/c1-6-5-8(12)10(14)7(2)11(6)19(17,18)15-4-3-9(13)16/h5,15H,3-4,14H2,1-2H3,(H2,13,16). The maximum absolute atomic E-state index is 13.4. The maximum Gasteiger partial charge on any atom is 0.241 e. The molecule has 1 amide bonds. The van der Waals surface area contributed by atoms with E-state index in [9.17, 15) is 17.6 Å². The van der Waals surface area contributed by atoms with Gasteiger partial charge in [0, 0.05) is 13.0 Å². The van der Waals surface area contributed by atoms with Gasteiger partial charge in [-0.3, -0.25) is 4.79 Å². The van der Waals surface area contributed by atoms with Gasteiger partial charge in [0.15, 0.2) is 0 Å². The van der Waals surface area contributed by atoms with Crippen molar-refractivity contribution in [2.45, 2.75) is 25.2 Å². The summed E-state index contributed by atoms with van der Waals surface area (Å²) in [4.78, 5) is 10.5. The van der Waals surface area contributed by atoms with E-state index in [4.69, 9.17) is 11.5 Å². The Morgan fingerprint density at radius 1 is 1.42 bits per heavy atom. The van der Waals surface area contributed by atoms with Crippen molar-refractivity contribution in [1.82, 2.24) is 4.72 Å². The van der Waals surface area contributed by atoms with Crippen LogP contribution in [-0.2, 0) is 14.8 Å². The fraction of sp³-hybridized carbons (Fsp3) is 0.364. The highest BCUT2D eigenvalue weighted by Crippen LogP contribution is 2.27. The second-order valence-electron chi connectivity index (χ2n) is 4.16. The summed E-state index contributed by atoms with van der Waals surface area (Å²) in [5, 5.41) is 0. The lowest BCUT2D eigenvalue weighted by Crippen LogP contribution is -2.29. The van der Waals surface area contributed by atoms with Gasteiger partial charge >= 0.3 is 0 Å². The van der Waals surface area contributed by atoms with Gasteiger partial charge in [-0.1, -0.05) is 0 Å². The molecule has 19 heavy (non-hydrogen) atoms. The number of carbonyl (C=O) groups excluding carboxylic acids is 1. The minimum absolute atomic E-state index is 0.0733. The minimum Gasteiger partial charge on any atom is -0.396 e. The molecular formula is C11H16FN3O3S. The van der Waals surface area contributed by atoms with E-state index < -0.39 is 21.7 Å². The summed E-state index contributed by atoms with van der Waals surface area (Å²) in [5.41, 5.74) is 10.6. The van der Waals surface area contributed by atoms with E-state index in [-0.39, 0.29) is 34.7 Å². The molecule has 0 aliphatic heterocycles. The van der Waals surface area contributed by atoms with Crippen LogP contribution in [0.5, 0.6) is 0 Å². The molecule has 0 saturated heterocycles. The van der Waals surface area contributed by atoms with E-state index in [1.54, 1.807) is 0 Å². The first-order chi connectivity index (χ1) is 8.66. The van der Waals surface area contributed by atoms with Crippen LogP contribution in [0.1, 0.15) is 17.5 Å². The van der Waals surface area contributed by atoms with Gasteiger partial charge < -0.3 is 11.5 Å². The number of rotatable bonds is 5. The van der Waals surface area contributed by atoms with Crippen molar-refractivity contribution >= 4 is 21.6 Å². The Morgan fingerprint density at radius 2 is 2.00 bits per heavy atom. The number of benzene rings is 1. The third-order valence-corrected chi connectivity index (χ3v) is 4.39. The average molecular weight is 289 g/mol. The van der Waals surface area contributed by atoms with E-state index >= 15 is 0 Å². The zero-order chi connectivity index (χ0) is 14.8. The number of anilines is 1. The van der Waals surface area contributed by atoms with E-state index in [1.165, 1.54) is 13.8 Å². The number of nitrogens with one attached hydrogen (secondary N) is 1. The van der Waals surface area contributed by atoms with Crippen LogP contribution in [0.3, 0.4) is 0 Å². The Labute approximate surface area is 111 Å². The van der Waals surface area contributed by atoms with Gasteiger partial charge in [-0.2, -0.15) is 0 Å². The Balaban J connectivity index is 3.15. The Morgan fingerprint density at radius 3 is 2.53 bits per heavy atom. The highest BCUT2D eigenvalue weighted by molar-refractivity contribution is 7.89. The highest BCUT2D eigenvalue weighted by atomic mass is 32.2. The number of hydrogen-bond acceptors (Lipinski definition) is 4. The van der Waals surface area contributed by atoms with Gasteiger partial charge in [-0.25, -0.2) is 17.5 Å². The highest BCUT2D eigenvalue weighted by Gasteiger charge is 2.22. The van der Waals surface area contributed by atoms with Crippen molar-refractivity contribution < 1.29 is 17.6 Å². The molecule has 5 N–H and O–H groups in total. The van der Waals surface area contributed by atoms with Crippen LogP contribution in [0.15, 0.2) is 11.0 Å². The largest absolute Gasteiger partial charge is 0.396 e. The molecule has 0 atom stereocenters. The molecule has 1 aromatic carbocycles. The first-order valence-corrected chi connectivity index (χ1v) is 6.98. The summed E-state index contributed by atoms with van der Waals surface area (Å²) < 4.78 is 39.7. The van der Waals surface area contributed by atoms with Crippen molar-refractivity contribution in [2.24, 2.45) is 5.73 Å². The average Bonchev–Trinajstić information content (AvgIpc) is 2.24. The monoisotopic (exact) mass is 289 g/mol. The molecule has 0 heterocycles. The quantitative estimate of drug-likeness (QED) is 0.670. The third kappa shape index (κ3) is 3.42. The summed E-state index contributed by atoms with van der Waals surface area (Å²) in [5.74, 6) is -1.28. The van der Waals surface area contributed by atoms with Gasteiger partial charge in [0.05, 0.1) is 10.6 Å². The van der Waals surface area contributed by atoms with Gasteiger partial charge in [0.2, 0.25) is 15.9 Å². The first kappa shape index (κ1) is 15.4. The zero-order valence-electron chi connectivity index (χ0n) is 10.7. The lowest BCUT2D eigenvalue weighted by Gasteiger charge is -2.14. The number of carbonyl (C=O) groups is 1. The van der Waals surface area contributed by atoms with Crippen LogP contribution in [0.2, 0.25) is 0 Å². The van der Waals surface area contributed by atoms with Crippen LogP contribution in [0, 0.1) is 19.7 Å². The predicted molar refractivity (Wildman–Crippen MR) is 69.3 cm³/mol. The van der Waals surface area contributed by atoms with E-state index in [2.05, 4.69) is 4.72 Å². The fourth-order valence-electron chi connectivity index (χ4n) is 1.72. The Kier molecular flexibility index (Phi) is 4.48. The van der Waals surface area contributed by atoms with Crippen LogP contribution in [0.4, 0.5) is 10.1 Å². The van der Waals surface area contributed by atoms with Gasteiger partial charge in [0.25, 0.3) is 0 Å². The van der Waals surface area contributed by atoms with Crippen molar-refractivity contribution in [1.29, 1.82) is 0 Å². The number of aryl methyl sites for hydroxylation is 1. The number of sulfonamides is 1. The molecule has 1 rings (SSSR count). The summed E-state index contributed by atoms with van der Waals surface area (Å²) in [7, 11) is -3.86. The molecule has 0 bridgehead atoms. The van der Waals surface area contributed by atoms with Gasteiger partial charge in [-0.15, -0.1) is 0 Å². The number of nitrogen functional groups attached to an aromatic ring is 1. The topological polar surface area (TPSA) is 115 Å². The SMILES string of the molecule is Cc1cc(F)c(N)c(C)c1S(=O)(=O)NCCC(N)=O. The van der Waals surface area contributed by atoms with Crippen molar-refractivity contribution in [3.8, 4) is 0 Å². The van der Waals surface area contributed by atoms with Crippen molar-refractivity contribution in [3.05, 3.63) is 23.0 Å². The van der Waals surface area contributed by atoms with Crippen molar-refractivity contribution in [3.63, 3.8) is 0 Å². The van der Waals surface area contributed by atoms with Gasteiger partial charge in [0.1, 0.15) is 5.82 Å². The summed E-state index contributed by atoms with van der Waals surface area (Å²) in [6.07, 6.45) is -0.117. The molecule has 0 saturated carbocycles. The molecule has 106 valence electrons. The molecule has 0 unspecified atom stereocenters. The van der Waals surface area contributed by atoms with Crippen LogP contribution in [-0.4, -0.2) is 20.9 Å². The van der Waals surface area contributed by atoms with Crippen LogP contribution < -0.4 is 16.2 Å². The molecule has 8 heteroatoms. The number of nitrogens with two attached hydrogens (primary N) is 2. The molecule has 0 aliphatic rings. The summed E-state index contributed by atoms with van der Waals surface area (Å²) >= 11 is 0. The summed E-state index contributed by atoms with van der Waals surface area (Å²) in [6.45, 7) is 2.78. The Hall–Kier alpha value is -1.67. The second kappa shape index (κ2) is 5.54. The smallest absolute Gasteiger partial charge is 0.241 e. The summed E-state index contributed by atoms with van der Waals surface area (Å²) in [6, 6.07) is 1.06. The lowest BCUT2D eigenvalue weighted by molar-refractivity contribution is -0.117. The zero-order valence-corrected chi connectivity index (χ0v) is 11.5. The van der Waals surface area contributed by atoms with Crippen molar-refractivity contribution in [2.75, 3.05) is 12.3 Å². The maximum atomic E-state index is 13.4. The van der Waals surface area contributed by atoms with Crippen LogP contribution in [0.25, 0.3) is 0 Å².